The molecule has 2 aromatic rings. The lowest BCUT2D eigenvalue weighted by Crippen LogP contribution is -2.23. The summed E-state index contributed by atoms with van der Waals surface area (Å²) in [5.74, 6) is 1.09. The molecular formula is C19H23N5O3S. The Balaban J connectivity index is 2.12. The summed E-state index contributed by atoms with van der Waals surface area (Å²) in [5.41, 5.74) is 12.3. The Morgan fingerprint density at radius 3 is 2.68 bits per heavy atom. The smallest absolute Gasteiger partial charge is 0.240 e. The molecule has 2 rings (SSSR count). The standard InChI is InChI=1S/C19H23N5O3S/c1-14(20)22-10-9-19(21)24-16-6-4-8-18(12-16)28(25,26)23-13-15-5-3-7-17(11-15)27-2/h3-12,22-23H,1,13,20H2,2H3,(H2,21,24). The molecule has 0 saturated heterocycles. The number of nitrogens with one attached hydrogen (secondary N) is 2. The highest BCUT2D eigenvalue weighted by Gasteiger charge is 2.14. The van der Waals surface area contributed by atoms with Gasteiger partial charge in [-0.2, -0.15) is 0 Å². The molecule has 2 aromatic carbocycles. The SMILES string of the molecule is C=C(N)NC=CC(N)=Nc1cccc(S(=O)(=O)NCc2cccc(OC)c2)c1. The van der Waals surface area contributed by atoms with E-state index < -0.39 is 10.0 Å². The molecule has 0 bridgehead atoms. The van der Waals surface area contributed by atoms with Crippen LogP contribution in [0.4, 0.5) is 5.69 Å². The summed E-state index contributed by atoms with van der Waals surface area (Å²) in [4.78, 5) is 4.24. The molecule has 0 fully saturated rings. The van der Waals surface area contributed by atoms with Gasteiger partial charge in [-0.05, 0) is 42.0 Å². The highest BCUT2D eigenvalue weighted by Crippen LogP contribution is 2.19. The van der Waals surface area contributed by atoms with E-state index in [1.54, 1.807) is 37.4 Å². The zero-order valence-corrected chi connectivity index (χ0v) is 16.2. The van der Waals surface area contributed by atoms with E-state index in [1.807, 2.05) is 6.07 Å². The molecule has 148 valence electrons. The van der Waals surface area contributed by atoms with E-state index in [2.05, 4.69) is 21.6 Å². The van der Waals surface area contributed by atoms with Gasteiger partial charge in [0.25, 0.3) is 0 Å². The van der Waals surface area contributed by atoms with Gasteiger partial charge in [-0.15, -0.1) is 0 Å². The molecular weight excluding hydrogens is 378 g/mol. The average Bonchev–Trinajstić information content (AvgIpc) is 2.66. The Kier molecular flexibility index (Phi) is 7.19. The molecule has 0 spiro atoms. The Labute approximate surface area is 164 Å². The highest BCUT2D eigenvalue weighted by molar-refractivity contribution is 7.89. The van der Waals surface area contributed by atoms with Crippen molar-refractivity contribution in [3.05, 3.63) is 78.8 Å². The van der Waals surface area contributed by atoms with Gasteiger partial charge in [0.15, 0.2) is 0 Å². The van der Waals surface area contributed by atoms with Gasteiger partial charge in [-0.1, -0.05) is 24.8 Å². The summed E-state index contributed by atoms with van der Waals surface area (Å²) in [6.07, 6.45) is 2.97. The largest absolute Gasteiger partial charge is 0.497 e. The second-order valence-corrected chi connectivity index (χ2v) is 7.48. The van der Waals surface area contributed by atoms with Gasteiger partial charge in [-0.3, -0.25) is 0 Å². The van der Waals surface area contributed by atoms with E-state index in [4.69, 9.17) is 16.2 Å². The predicted molar refractivity (Wildman–Crippen MR) is 110 cm³/mol. The quantitative estimate of drug-likeness (QED) is 0.373. The van der Waals surface area contributed by atoms with Crippen molar-refractivity contribution < 1.29 is 13.2 Å². The van der Waals surface area contributed by atoms with Crippen molar-refractivity contribution in [1.82, 2.24) is 10.0 Å². The molecule has 28 heavy (non-hydrogen) atoms. The van der Waals surface area contributed by atoms with Gasteiger partial charge in [0.1, 0.15) is 11.6 Å². The summed E-state index contributed by atoms with van der Waals surface area (Å²) < 4.78 is 32.8. The molecule has 0 amide bonds. The first kappa shape index (κ1) is 21.0. The Bertz CT molecular complexity index is 1000. The molecule has 0 aromatic heterocycles. The van der Waals surface area contributed by atoms with Crippen molar-refractivity contribution in [3.63, 3.8) is 0 Å². The van der Waals surface area contributed by atoms with Crippen LogP contribution in [0.1, 0.15) is 5.56 Å². The second kappa shape index (κ2) is 9.58. The number of benzene rings is 2. The maximum absolute atomic E-state index is 12.6. The van der Waals surface area contributed by atoms with Gasteiger partial charge in [0.2, 0.25) is 10.0 Å². The molecule has 0 radical (unpaired) electrons. The third kappa shape index (κ3) is 6.45. The van der Waals surface area contributed by atoms with Crippen LogP contribution in [0, 0.1) is 0 Å². The molecule has 0 saturated carbocycles. The maximum Gasteiger partial charge on any atom is 0.240 e. The lowest BCUT2D eigenvalue weighted by molar-refractivity contribution is 0.414. The van der Waals surface area contributed by atoms with Crippen LogP contribution >= 0.6 is 0 Å². The molecule has 0 unspecified atom stereocenters. The van der Waals surface area contributed by atoms with Crippen molar-refractivity contribution in [1.29, 1.82) is 0 Å². The summed E-state index contributed by atoms with van der Waals surface area (Å²) in [5, 5.41) is 2.67. The van der Waals surface area contributed by atoms with Crippen LogP contribution in [0.15, 0.2) is 83.1 Å². The maximum atomic E-state index is 12.6. The monoisotopic (exact) mass is 401 g/mol. The van der Waals surface area contributed by atoms with Gasteiger partial charge in [0.05, 0.1) is 23.5 Å². The molecule has 0 aliphatic rings. The number of hydrogen-bond donors (Lipinski definition) is 4. The van der Waals surface area contributed by atoms with Gasteiger partial charge < -0.3 is 21.5 Å². The van der Waals surface area contributed by atoms with Crippen LogP contribution in [-0.2, 0) is 16.6 Å². The Morgan fingerprint density at radius 1 is 1.21 bits per heavy atom. The minimum absolute atomic E-state index is 0.0851. The van der Waals surface area contributed by atoms with Crippen molar-refractivity contribution >= 4 is 21.5 Å². The van der Waals surface area contributed by atoms with Crippen LogP contribution in [0.2, 0.25) is 0 Å². The number of sulfonamides is 1. The van der Waals surface area contributed by atoms with E-state index >= 15 is 0 Å². The van der Waals surface area contributed by atoms with Crippen LogP contribution in [0.5, 0.6) is 5.75 Å². The first-order valence-electron chi connectivity index (χ1n) is 8.24. The molecule has 9 heteroatoms. The third-order valence-electron chi connectivity index (χ3n) is 3.51. The molecule has 0 aliphatic carbocycles. The molecule has 0 heterocycles. The van der Waals surface area contributed by atoms with Crippen molar-refractivity contribution in [2.75, 3.05) is 7.11 Å². The van der Waals surface area contributed by atoms with E-state index in [0.29, 0.717) is 11.4 Å². The first-order valence-corrected chi connectivity index (χ1v) is 9.73. The summed E-state index contributed by atoms with van der Waals surface area (Å²) in [7, 11) is -2.17. The number of nitrogens with two attached hydrogens (primary N) is 2. The van der Waals surface area contributed by atoms with Gasteiger partial charge in [0, 0.05) is 12.7 Å². The zero-order valence-electron chi connectivity index (χ0n) is 15.4. The highest BCUT2D eigenvalue weighted by atomic mass is 32.2. The summed E-state index contributed by atoms with van der Waals surface area (Å²) >= 11 is 0. The normalized spacial score (nSPS) is 12.1. The minimum Gasteiger partial charge on any atom is -0.497 e. The van der Waals surface area contributed by atoms with E-state index in [0.717, 1.165) is 5.56 Å². The zero-order chi connectivity index (χ0) is 20.6. The molecule has 8 nitrogen and oxygen atoms in total. The number of hydrogen-bond acceptors (Lipinski definition) is 6. The number of methoxy groups -OCH3 is 1. The fourth-order valence-corrected chi connectivity index (χ4v) is 3.24. The number of ether oxygens (including phenoxy) is 1. The Hall–Kier alpha value is -3.30. The fraction of sp³-hybridized carbons (Fsp3) is 0.105. The van der Waals surface area contributed by atoms with E-state index in [9.17, 15) is 8.42 Å². The minimum atomic E-state index is -3.72. The number of nitrogens with zero attached hydrogens (tertiary/aromatic N) is 1. The molecule has 6 N–H and O–H groups in total. The summed E-state index contributed by atoms with van der Waals surface area (Å²) in [6.45, 7) is 3.61. The number of aliphatic imine (C=N–C) groups is 1. The molecule has 0 atom stereocenters. The topological polar surface area (TPSA) is 132 Å². The van der Waals surface area contributed by atoms with Gasteiger partial charge >= 0.3 is 0 Å². The fourth-order valence-electron chi connectivity index (χ4n) is 2.18. The van der Waals surface area contributed by atoms with Crippen molar-refractivity contribution in [3.8, 4) is 5.75 Å². The summed E-state index contributed by atoms with van der Waals surface area (Å²) in [6, 6.07) is 13.3. The average molecular weight is 401 g/mol. The van der Waals surface area contributed by atoms with Crippen LogP contribution in [0.25, 0.3) is 0 Å². The lowest BCUT2D eigenvalue weighted by Gasteiger charge is -2.08. The van der Waals surface area contributed by atoms with Crippen molar-refractivity contribution in [2.45, 2.75) is 11.4 Å². The predicted octanol–water partition coefficient (Wildman–Crippen LogP) is 1.70. The van der Waals surface area contributed by atoms with Gasteiger partial charge in [-0.25, -0.2) is 18.1 Å². The van der Waals surface area contributed by atoms with Crippen LogP contribution < -0.4 is 26.2 Å². The van der Waals surface area contributed by atoms with Crippen LogP contribution in [-0.4, -0.2) is 21.4 Å². The van der Waals surface area contributed by atoms with E-state index in [1.165, 1.54) is 24.4 Å². The molecule has 0 aliphatic heterocycles. The third-order valence-corrected chi connectivity index (χ3v) is 4.91. The number of rotatable bonds is 9. The van der Waals surface area contributed by atoms with Crippen LogP contribution in [0.3, 0.4) is 0 Å². The number of amidine groups is 1. The second-order valence-electron chi connectivity index (χ2n) is 5.71. The van der Waals surface area contributed by atoms with Crippen molar-refractivity contribution in [2.24, 2.45) is 16.5 Å². The lowest BCUT2D eigenvalue weighted by atomic mass is 10.2. The van der Waals surface area contributed by atoms with E-state index in [-0.39, 0.29) is 23.1 Å². The Morgan fingerprint density at radius 2 is 1.96 bits per heavy atom. The first-order chi connectivity index (χ1) is 13.3.